The molecule has 3 rings (SSSR count). The SMILES string of the molecule is Clc1ccc(OCc2ccc(Cl)c(Cl)c2)c(CNC[C@@H]2CCCO2)c1. The lowest BCUT2D eigenvalue weighted by Gasteiger charge is -2.15. The van der Waals surface area contributed by atoms with Gasteiger partial charge in [-0.3, -0.25) is 0 Å². The Kier molecular flexibility index (Phi) is 6.85. The van der Waals surface area contributed by atoms with Crippen LogP contribution in [0.5, 0.6) is 5.75 Å². The fourth-order valence-electron chi connectivity index (χ4n) is 2.79. The molecule has 1 N–H and O–H groups in total. The first-order valence-corrected chi connectivity index (χ1v) is 9.42. The maximum Gasteiger partial charge on any atom is 0.124 e. The Hall–Kier alpha value is -0.970. The fraction of sp³-hybridized carbons (Fsp3) is 0.368. The first-order valence-electron chi connectivity index (χ1n) is 8.29. The van der Waals surface area contributed by atoms with Gasteiger partial charge in [0.25, 0.3) is 0 Å². The number of halogens is 3. The van der Waals surface area contributed by atoms with Gasteiger partial charge >= 0.3 is 0 Å². The van der Waals surface area contributed by atoms with Gasteiger partial charge in [-0.1, -0.05) is 40.9 Å². The molecule has 6 heteroatoms. The van der Waals surface area contributed by atoms with Gasteiger partial charge in [-0.15, -0.1) is 0 Å². The van der Waals surface area contributed by atoms with E-state index in [-0.39, 0.29) is 0 Å². The van der Waals surface area contributed by atoms with Crippen LogP contribution in [0.3, 0.4) is 0 Å². The van der Waals surface area contributed by atoms with Crippen LogP contribution in [0.2, 0.25) is 15.1 Å². The Balaban J connectivity index is 1.60. The average molecular weight is 401 g/mol. The van der Waals surface area contributed by atoms with E-state index in [1.54, 1.807) is 6.07 Å². The van der Waals surface area contributed by atoms with E-state index in [1.807, 2.05) is 30.3 Å². The first kappa shape index (κ1) is 18.8. The van der Waals surface area contributed by atoms with Crippen LogP contribution in [0.15, 0.2) is 36.4 Å². The molecule has 0 unspecified atom stereocenters. The number of hydrogen-bond acceptors (Lipinski definition) is 3. The van der Waals surface area contributed by atoms with Crippen LogP contribution < -0.4 is 10.1 Å². The van der Waals surface area contributed by atoms with Crippen molar-refractivity contribution in [3.63, 3.8) is 0 Å². The minimum Gasteiger partial charge on any atom is -0.489 e. The number of rotatable bonds is 7. The Morgan fingerprint density at radius 1 is 1.08 bits per heavy atom. The summed E-state index contributed by atoms with van der Waals surface area (Å²) in [6.07, 6.45) is 2.56. The molecule has 2 aromatic rings. The lowest BCUT2D eigenvalue weighted by atomic mass is 10.2. The molecule has 0 saturated carbocycles. The second-order valence-corrected chi connectivity index (χ2v) is 7.31. The van der Waals surface area contributed by atoms with Gasteiger partial charge in [0.1, 0.15) is 12.4 Å². The molecule has 2 aromatic carbocycles. The molecular weight excluding hydrogens is 381 g/mol. The van der Waals surface area contributed by atoms with Crippen molar-refractivity contribution in [1.82, 2.24) is 5.32 Å². The van der Waals surface area contributed by atoms with Crippen molar-refractivity contribution >= 4 is 34.8 Å². The summed E-state index contributed by atoms with van der Waals surface area (Å²) < 4.78 is 11.6. The average Bonchev–Trinajstić information content (AvgIpc) is 3.10. The zero-order chi connectivity index (χ0) is 17.6. The standard InChI is InChI=1S/C19H20Cl3NO2/c20-15-4-6-19(25-12-13-3-5-17(21)18(22)8-13)14(9-15)10-23-11-16-2-1-7-24-16/h3-6,8-9,16,23H,1-2,7,10-12H2/t16-/m0/s1. The molecule has 1 atom stereocenters. The molecule has 134 valence electrons. The van der Waals surface area contributed by atoms with Crippen LogP contribution in [0.1, 0.15) is 24.0 Å². The van der Waals surface area contributed by atoms with Crippen molar-refractivity contribution in [2.45, 2.75) is 32.1 Å². The smallest absolute Gasteiger partial charge is 0.124 e. The van der Waals surface area contributed by atoms with E-state index in [0.29, 0.717) is 34.3 Å². The molecule has 1 aliphatic rings. The van der Waals surface area contributed by atoms with Gasteiger partial charge in [-0.2, -0.15) is 0 Å². The lowest BCUT2D eigenvalue weighted by molar-refractivity contribution is 0.110. The number of nitrogens with one attached hydrogen (secondary N) is 1. The Bertz CT molecular complexity index is 718. The monoisotopic (exact) mass is 399 g/mol. The molecule has 1 fully saturated rings. The van der Waals surface area contributed by atoms with E-state index < -0.39 is 0 Å². The lowest BCUT2D eigenvalue weighted by Crippen LogP contribution is -2.26. The molecule has 0 radical (unpaired) electrons. The fourth-order valence-corrected chi connectivity index (χ4v) is 3.31. The third-order valence-corrected chi connectivity index (χ3v) is 5.09. The van der Waals surface area contributed by atoms with E-state index in [0.717, 1.165) is 42.9 Å². The highest BCUT2D eigenvalue weighted by molar-refractivity contribution is 6.42. The van der Waals surface area contributed by atoms with Gasteiger partial charge in [0, 0.05) is 30.3 Å². The minimum absolute atomic E-state index is 0.305. The summed E-state index contributed by atoms with van der Waals surface area (Å²) in [4.78, 5) is 0. The van der Waals surface area contributed by atoms with Gasteiger partial charge in [0.05, 0.1) is 16.1 Å². The van der Waals surface area contributed by atoms with Gasteiger partial charge in [0.15, 0.2) is 0 Å². The third kappa shape index (κ3) is 5.50. The van der Waals surface area contributed by atoms with Crippen molar-refractivity contribution in [2.24, 2.45) is 0 Å². The molecule has 0 bridgehead atoms. The highest BCUT2D eigenvalue weighted by Gasteiger charge is 2.15. The largest absolute Gasteiger partial charge is 0.489 e. The van der Waals surface area contributed by atoms with E-state index in [4.69, 9.17) is 44.3 Å². The maximum atomic E-state index is 6.14. The van der Waals surface area contributed by atoms with Crippen molar-refractivity contribution in [3.8, 4) is 5.75 Å². The van der Waals surface area contributed by atoms with E-state index in [9.17, 15) is 0 Å². The van der Waals surface area contributed by atoms with Gasteiger partial charge < -0.3 is 14.8 Å². The molecule has 0 amide bonds. The van der Waals surface area contributed by atoms with Crippen molar-refractivity contribution in [1.29, 1.82) is 0 Å². The molecule has 3 nitrogen and oxygen atoms in total. The summed E-state index contributed by atoms with van der Waals surface area (Å²) in [6.45, 7) is 2.79. The maximum absolute atomic E-state index is 6.14. The van der Waals surface area contributed by atoms with Crippen molar-refractivity contribution < 1.29 is 9.47 Å². The second-order valence-electron chi connectivity index (χ2n) is 6.06. The van der Waals surface area contributed by atoms with Gasteiger partial charge in [-0.25, -0.2) is 0 Å². The van der Waals surface area contributed by atoms with Crippen LogP contribution in [0.25, 0.3) is 0 Å². The highest BCUT2D eigenvalue weighted by atomic mass is 35.5. The van der Waals surface area contributed by atoms with E-state index in [1.165, 1.54) is 0 Å². The zero-order valence-corrected chi connectivity index (χ0v) is 16.0. The summed E-state index contributed by atoms with van der Waals surface area (Å²) in [7, 11) is 0. The Morgan fingerprint density at radius 2 is 1.96 bits per heavy atom. The number of ether oxygens (including phenoxy) is 2. The molecule has 0 aromatic heterocycles. The topological polar surface area (TPSA) is 30.5 Å². The molecular formula is C19H20Cl3NO2. The number of benzene rings is 2. The van der Waals surface area contributed by atoms with Crippen LogP contribution in [0.4, 0.5) is 0 Å². The summed E-state index contributed by atoms with van der Waals surface area (Å²) in [5.41, 5.74) is 1.98. The predicted octanol–water partition coefficient (Wildman–Crippen LogP) is 5.49. The summed E-state index contributed by atoms with van der Waals surface area (Å²) >= 11 is 18.1. The van der Waals surface area contributed by atoms with Crippen molar-refractivity contribution in [3.05, 3.63) is 62.6 Å². The van der Waals surface area contributed by atoms with Crippen LogP contribution >= 0.6 is 34.8 Å². The van der Waals surface area contributed by atoms with E-state index in [2.05, 4.69) is 5.32 Å². The van der Waals surface area contributed by atoms with Crippen molar-refractivity contribution in [2.75, 3.05) is 13.2 Å². The summed E-state index contributed by atoms with van der Waals surface area (Å²) in [6, 6.07) is 11.1. The molecule has 1 saturated heterocycles. The van der Waals surface area contributed by atoms with Crippen LogP contribution in [-0.2, 0) is 17.9 Å². The van der Waals surface area contributed by atoms with Gasteiger partial charge in [0.2, 0.25) is 0 Å². The molecule has 0 aliphatic carbocycles. The Labute approximate surface area is 163 Å². The first-order chi connectivity index (χ1) is 12.1. The second kappa shape index (κ2) is 9.11. The van der Waals surface area contributed by atoms with Crippen LogP contribution in [0, 0.1) is 0 Å². The predicted molar refractivity (Wildman–Crippen MR) is 103 cm³/mol. The molecule has 0 spiro atoms. The summed E-state index contributed by atoms with van der Waals surface area (Å²) in [5, 5.41) is 5.18. The quantitative estimate of drug-likeness (QED) is 0.666. The molecule has 25 heavy (non-hydrogen) atoms. The minimum atomic E-state index is 0.305. The summed E-state index contributed by atoms with van der Waals surface area (Å²) in [5.74, 6) is 0.801. The Morgan fingerprint density at radius 3 is 2.72 bits per heavy atom. The zero-order valence-electron chi connectivity index (χ0n) is 13.7. The van der Waals surface area contributed by atoms with Gasteiger partial charge in [-0.05, 0) is 48.7 Å². The van der Waals surface area contributed by atoms with Crippen LogP contribution in [-0.4, -0.2) is 19.3 Å². The normalized spacial score (nSPS) is 17.0. The molecule has 1 aliphatic heterocycles. The number of hydrogen-bond donors (Lipinski definition) is 1. The molecule has 1 heterocycles. The van der Waals surface area contributed by atoms with E-state index >= 15 is 0 Å². The highest BCUT2D eigenvalue weighted by Crippen LogP contribution is 2.26. The third-order valence-electron chi connectivity index (χ3n) is 4.11.